The molecule has 0 aromatic heterocycles. The Morgan fingerprint density at radius 1 is 0.971 bits per heavy atom. The molecule has 0 spiro atoms. The van der Waals surface area contributed by atoms with Crippen LogP contribution in [-0.4, -0.2) is 0 Å². The molecule has 0 heterocycles. The van der Waals surface area contributed by atoms with Gasteiger partial charge in [0.2, 0.25) is 0 Å². The molecule has 0 aliphatic heterocycles. The molecule has 0 radical (unpaired) electrons. The van der Waals surface area contributed by atoms with E-state index >= 15 is 0 Å². The fourth-order valence-corrected chi connectivity index (χ4v) is 5.09. The molecule has 0 heteroatoms. The standard InChI is InChI=1S/C34H42/c1-25(2)32(24-34(6,7)31-19-13-14-20-31)33(26(3)4)27(5)21-22-29-17-11-12-18-30(29)23-28-15-9-8-10-16-28/h8-19,24,26H,1,20-23H2,2-7H3/b32-24-,33-27+. The first-order chi connectivity index (χ1) is 16.2. The fraction of sp³-hybridized carbons (Fsp3) is 0.353. The highest BCUT2D eigenvalue weighted by atomic mass is 14.3. The molecule has 2 aromatic carbocycles. The molecule has 2 aromatic rings. The van der Waals surface area contributed by atoms with Crippen molar-refractivity contribution in [3.05, 3.63) is 130 Å². The molecular weight excluding hydrogens is 408 g/mol. The van der Waals surface area contributed by atoms with Crippen molar-refractivity contribution in [2.45, 2.75) is 67.2 Å². The Balaban J connectivity index is 1.88. The average Bonchev–Trinajstić information content (AvgIpc) is 3.34. The molecule has 0 unspecified atom stereocenters. The zero-order valence-electron chi connectivity index (χ0n) is 22.1. The van der Waals surface area contributed by atoms with E-state index in [0.717, 1.165) is 31.3 Å². The highest BCUT2D eigenvalue weighted by Crippen LogP contribution is 2.39. The Kier molecular flexibility index (Phi) is 8.72. The zero-order chi connectivity index (χ0) is 24.7. The van der Waals surface area contributed by atoms with Gasteiger partial charge in [-0.25, -0.2) is 0 Å². The van der Waals surface area contributed by atoms with Crippen LogP contribution in [0.25, 0.3) is 0 Å². The van der Waals surface area contributed by atoms with Crippen molar-refractivity contribution in [3.8, 4) is 0 Å². The van der Waals surface area contributed by atoms with E-state index in [1.807, 2.05) is 0 Å². The summed E-state index contributed by atoms with van der Waals surface area (Å²) in [5.41, 5.74) is 11.2. The summed E-state index contributed by atoms with van der Waals surface area (Å²) in [5, 5.41) is 0. The molecule has 0 nitrogen and oxygen atoms in total. The first-order valence-corrected chi connectivity index (χ1v) is 12.7. The van der Waals surface area contributed by atoms with Gasteiger partial charge in [0.1, 0.15) is 0 Å². The highest BCUT2D eigenvalue weighted by Gasteiger charge is 2.24. The second-order valence-corrected chi connectivity index (χ2v) is 10.7. The third kappa shape index (κ3) is 6.60. The lowest BCUT2D eigenvalue weighted by Crippen LogP contribution is -2.14. The molecule has 0 N–H and O–H groups in total. The van der Waals surface area contributed by atoms with Crippen LogP contribution < -0.4 is 0 Å². The van der Waals surface area contributed by atoms with Gasteiger partial charge >= 0.3 is 0 Å². The summed E-state index contributed by atoms with van der Waals surface area (Å²) in [5.74, 6) is 0.453. The largest absolute Gasteiger partial charge is 0.0955 e. The van der Waals surface area contributed by atoms with Crippen LogP contribution in [0.15, 0.2) is 113 Å². The van der Waals surface area contributed by atoms with Crippen molar-refractivity contribution in [2.24, 2.45) is 11.3 Å². The van der Waals surface area contributed by atoms with Gasteiger partial charge in [-0.15, -0.1) is 0 Å². The third-order valence-corrected chi connectivity index (χ3v) is 7.02. The van der Waals surface area contributed by atoms with Crippen LogP contribution in [0.4, 0.5) is 0 Å². The van der Waals surface area contributed by atoms with Crippen molar-refractivity contribution < 1.29 is 0 Å². The van der Waals surface area contributed by atoms with E-state index in [2.05, 4.69) is 127 Å². The Morgan fingerprint density at radius 3 is 2.21 bits per heavy atom. The lowest BCUT2D eigenvalue weighted by atomic mass is 9.77. The van der Waals surface area contributed by atoms with Crippen molar-refractivity contribution in [1.82, 2.24) is 0 Å². The van der Waals surface area contributed by atoms with Gasteiger partial charge in [-0.05, 0) is 73.3 Å². The molecule has 0 saturated heterocycles. The molecule has 178 valence electrons. The number of hydrogen-bond donors (Lipinski definition) is 0. The van der Waals surface area contributed by atoms with Gasteiger partial charge in [0, 0.05) is 5.41 Å². The maximum Gasteiger partial charge on any atom is 0.00496 e. The molecule has 0 fully saturated rings. The molecule has 0 bridgehead atoms. The van der Waals surface area contributed by atoms with Crippen molar-refractivity contribution in [3.63, 3.8) is 0 Å². The highest BCUT2D eigenvalue weighted by molar-refractivity contribution is 5.50. The van der Waals surface area contributed by atoms with E-state index in [0.29, 0.717) is 5.92 Å². The van der Waals surface area contributed by atoms with Crippen LogP contribution in [0.2, 0.25) is 0 Å². The topological polar surface area (TPSA) is 0 Å². The van der Waals surface area contributed by atoms with Gasteiger partial charge < -0.3 is 0 Å². The van der Waals surface area contributed by atoms with Crippen LogP contribution in [0.3, 0.4) is 0 Å². The van der Waals surface area contributed by atoms with Crippen LogP contribution in [0.5, 0.6) is 0 Å². The summed E-state index contributed by atoms with van der Waals surface area (Å²) in [6, 6.07) is 19.7. The first-order valence-electron chi connectivity index (χ1n) is 12.7. The number of aryl methyl sites for hydroxylation is 1. The molecule has 0 amide bonds. The van der Waals surface area contributed by atoms with Crippen molar-refractivity contribution in [2.75, 3.05) is 0 Å². The smallest absolute Gasteiger partial charge is 0.00496 e. The molecule has 0 atom stereocenters. The quantitative estimate of drug-likeness (QED) is 0.316. The summed E-state index contributed by atoms with van der Waals surface area (Å²) >= 11 is 0. The van der Waals surface area contributed by atoms with Gasteiger partial charge in [0.05, 0.1) is 0 Å². The lowest BCUT2D eigenvalue weighted by molar-refractivity contribution is 0.565. The van der Waals surface area contributed by atoms with Gasteiger partial charge in [-0.1, -0.05) is 130 Å². The molecular formula is C34H42. The van der Waals surface area contributed by atoms with Crippen molar-refractivity contribution in [1.29, 1.82) is 0 Å². The normalized spacial score (nSPS) is 14.9. The molecule has 1 aliphatic carbocycles. The number of benzene rings is 2. The maximum atomic E-state index is 4.39. The predicted octanol–water partition coefficient (Wildman–Crippen LogP) is 9.60. The SMILES string of the molecule is C=C(C)C(=C/C(C)(C)C1=CC=CC1)/C(=C(\C)CCc1ccccc1Cc1ccccc1)C(C)C. The predicted molar refractivity (Wildman–Crippen MR) is 150 cm³/mol. The minimum atomic E-state index is 0.0144. The van der Waals surface area contributed by atoms with Gasteiger partial charge in [0.25, 0.3) is 0 Å². The summed E-state index contributed by atoms with van der Waals surface area (Å²) < 4.78 is 0. The van der Waals surface area contributed by atoms with Crippen molar-refractivity contribution >= 4 is 0 Å². The molecule has 34 heavy (non-hydrogen) atoms. The van der Waals surface area contributed by atoms with E-state index in [-0.39, 0.29) is 5.41 Å². The molecule has 0 saturated carbocycles. The average molecular weight is 451 g/mol. The molecule has 3 rings (SSSR count). The van der Waals surface area contributed by atoms with Crippen LogP contribution in [0.1, 0.15) is 71.1 Å². The Morgan fingerprint density at radius 2 is 1.62 bits per heavy atom. The van der Waals surface area contributed by atoms with E-state index < -0.39 is 0 Å². The van der Waals surface area contributed by atoms with E-state index in [4.69, 9.17) is 0 Å². The monoisotopic (exact) mass is 450 g/mol. The van der Waals surface area contributed by atoms with Gasteiger partial charge in [-0.2, -0.15) is 0 Å². The number of allylic oxidation sites excluding steroid dienone is 9. The van der Waals surface area contributed by atoms with Gasteiger partial charge in [-0.3, -0.25) is 0 Å². The van der Waals surface area contributed by atoms with Crippen LogP contribution in [0, 0.1) is 11.3 Å². The number of hydrogen-bond acceptors (Lipinski definition) is 0. The minimum Gasteiger partial charge on any atom is -0.0955 e. The van der Waals surface area contributed by atoms with Crippen LogP contribution in [-0.2, 0) is 12.8 Å². The Labute approximate surface area is 208 Å². The second-order valence-electron chi connectivity index (χ2n) is 10.7. The summed E-state index contributed by atoms with van der Waals surface area (Å²) in [6.45, 7) is 18.2. The fourth-order valence-electron chi connectivity index (χ4n) is 5.09. The second kappa shape index (κ2) is 11.5. The Bertz CT molecular complexity index is 1110. The van der Waals surface area contributed by atoms with E-state index in [1.165, 1.54) is 39.0 Å². The lowest BCUT2D eigenvalue weighted by Gasteiger charge is -2.28. The van der Waals surface area contributed by atoms with Gasteiger partial charge in [0.15, 0.2) is 0 Å². The zero-order valence-corrected chi connectivity index (χ0v) is 22.1. The first kappa shape index (κ1) is 25.8. The molecule has 1 aliphatic rings. The Hall–Kier alpha value is -2.86. The summed E-state index contributed by atoms with van der Waals surface area (Å²) in [7, 11) is 0. The number of rotatable bonds is 10. The summed E-state index contributed by atoms with van der Waals surface area (Å²) in [4.78, 5) is 0. The minimum absolute atomic E-state index is 0.0144. The summed E-state index contributed by atoms with van der Waals surface area (Å²) in [6.07, 6.45) is 13.3. The third-order valence-electron chi connectivity index (χ3n) is 7.02. The van der Waals surface area contributed by atoms with Crippen LogP contribution >= 0.6 is 0 Å². The van der Waals surface area contributed by atoms with E-state index in [9.17, 15) is 0 Å². The maximum absolute atomic E-state index is 4.39. The van der Waals surface area contributed by atoms with E-state index in [1.54, 1.807) is 0 Å².